The van der Waals surface area contributed by atoms with E-state index in [9.17, 15) is 4.79 Å². The second-order valence-electron chi connectivity index (χ2n) is 8.28. The Labute approximate surface area is 207 Å². The van der Waals surface area contributed by atoms with Crippen LogP contribution in [0.1, 0.15) is 66.4 Å². The van der Waals surface area contributed by atoms with Gasteiger partial charge in [-0.3, -0.25) is 4.79 Å². The van der Waals surface area contributed by atoms with Gasteiger partial charge in [-0.2, -0.15) is 0 Å². The summed E-state index contributed by atoms with van der Waals surface area (Å²) in [6.07, 6.45) is 23.0. The molecule has 1 rings (SSSR count). The standard InChI is InChI=1S/C32H40O2/c1-8-16-29(20-19-25(4)5)30-21-23-31(24-22-30)34-32(10-3)27(7)28(9-2)18-15-13-11-12-14-17-26(6)33/h8-10,14-24H,3,11-13H2,1-2,4-7H3/b16-8+,17-14+,18-15+,28-9-,29-20+,32-27?. The van der Waals surface area contributed by atoms with Crippen molar-refractivity contribution in [3.05, 3.63) is 120 Å². The average molecular weight is 457 g/mol. The van der Waals surface area contributed by atoms with E-state index in [0.29, 0.717) is 0 Å². The topological polar surface area (TPSA) is 26.3 Å². The summed E-state index contributed by atoms with van der Waals surface area (Å²) >= 11 is 0. The van der Waals surface area contributed by atoms with Gasteiger partial charge in [-0.25, -0.2) is 0 Å². The Morgan fingerprint density at radius 1 is 0.912 bits per heavy atom. The van der Waals surface area contributed by atoms with Crippen LogP contribution < -0.4 is 4.74 Å². The van der Waals surface area contributed by atoms with Crippen molar-refractivity contribution in [2.45, 2.75) is 60.8 Å². The van der Waals surface area contributed by atoms with Gasteiger partial charge in [0.25, 0.3) is 0 Å². The Bertz CT molecular complexity index is 1020. The van der Waals surface area contributed by atoms with Crippen molar-refractivity contribution in [3.8, 4) is 5.75 Å². The van der Waals surface area contributed by atoms with Gasteiger partial charge in [-0.1, -0.05) is 72.9 Å². The van der Waals surface area contributed by atoms with E-state index in [1.165, 1.54) is 5.57 Å². The quantitative estimate of drug-likeness (QED) is 0.128. The number of hydrogen-bond acceptors (Lipinski definition) is 2. The van der Waals surface area contributed by atoms with E-state index in [-0.39, 0.29) is 5.78 Å². The van der Waals surface area contributed by atoms with Crippen LogP contribution in [0.25, 0.3) is 5.57 Å². The van der Waals surface area contributed by atoms with Gasteiger partial charge in [0.1, 0.15) is 11.5 Å². The number of unbranched alkanes of at least 4 members (excludes halogenated alkanes) is 2. The van der Waals surface area contributed by atoms with Gasteiger partial charge < -0.3 is 4.74 Å². The second kappa shape index (κ2) is 16.3. The molecule has 0 amide bonds. The lowest BCUT2D eigenvalue weighted by Gasteiger charge is -2.12. The van der Waals surface area contributed by atoms with Gasteiger partial charge in [0.2, 0.25) is 0 Å². The zero-order valence-electron chi connectivity index (χ0n) is 21.7. The Kier molecular flexibility index (Phi) is 13.7. The van der Waals surface area contributed by atoms with Crippen LogP contribution in [0.15, 0.2) is 114 Å². The molecule has 0 aliphatic heterocycles. The number of carbonyl (C=O) groups excluding carboxylic acids is 1. The zero-order valence-corrected chi connectivity index (χ0v) is 21.7. The maximum absolute atomic E-state index is 10.9. The molecule has 0 saturated heterocycles. The molecule has 2 nitrogen and oxygen atoms in total. The molecule has 0 unspecified atom stereocenters. The molecule has 0 fully saturated rings. The van der Waals surface area contributed by atoms with E-state index in [1.807, 2.05) is 45.1 Å². The minimum absolute atomic E-state index is 0.0949. The molecular formula is C32H40O2. The van der Waals surface area contributed by atoms with Crippen LogP contribution in [0.4, 0.5) is 0 Å². The fourth-order valence-electron chi connectivity index (χ4n) is 3.19. The molecule has 34 heavy (non-hydrogen) atoms. The largest absolute Gasteiger partial charge is 0.457 e. The number of ketones is 1. The smallest absolute Gasteiger partial charge is 0.152 e. The zero-order chi connectivity index (χ0) is 25.3. The van der Waals surface area contributed by atoms with Gasteiger partial charge in [0.05, 0.1) is 0 Å². The molecule has 2 heteroatoms. The number of benzene rings is 1. The predicted molar refractivity (Wildman–Crippen MR) is 149 cm³/mol. The van der Waals surface area contributed by atoms with E-state index in [1.54, 1.807) is 19.1 Å². The minimum atomic E-state index is 0.0949. The highest BCUT2D eigenvalue weighted by Gasteiger charge is 2.06. The third-order valence-corrected chi connectivity index (χ3v) is 5.05. The highest BCUT2D eigenvalue weighted by atomic mass is 16.5. The summed E-state index contributed by atoms with van der Waals surface area (Å²) in [5.74, 6) is 1.61. The fourth-order valence-corrected chi connectivity index (χ4v) is 3.19. The Morgan fingerprint density at radius 2 is 1.56 bits per heavy atom. The first-order valence-electron chi connectivity index (χ1n) is 11.9. The molecule has 0 bridgehead atoms. The first kappa shape index (κ1) is 28.6. The number of hydrogen-bond donors (Lipinski definition) is 0. The van der Waals surface area contributed by atoms with Crippen molar-refractivity contribution >= 4 is 11.4 Å². The summed E-state index contributed by atoms with van der Waals surface area (Å²) in [6.45, 7) is 15.8. The molecule has 0 N–H and O–H groups in total. The molecule has 0 spiro atoms. The molecule has 0 saturated carbocycles. The van der Waals surface area contributed by atoms with Crippen LogP contribution in [-0.4, -0.2) is 5.78 Å². The third kappa shape index (κ3) is 11.0. The molecule has 0 aromatic heterocycles. The van der Waals surface area contributed by atoms with Crippen LogP contribution >= 0.6 is 0 Å². The molecule has 0 aliphatic rings. The number of carbonyl (C=O) groups is 1. The first-order valence-corrected chi connectivity index (χ1v) is 11.9. The molecule has 1 aromatic carbocycles. The molecule has 1 aromatic rings. The second-order valence-corrected chi connectivity index (χ2v) is 8.28. The molecule has 0 heterocycles. The summed E-state index contributed by atoms with van der Waals surface area (Å²) in [7, 11) is 0. The van der Waals surface area contributed by atoms with E-state index in [0.717, 1.165) is 53.1 Å². The summed E-state index contributed by atoms with van der Waals surface area (Å²) in [4.78, 5) is 10.9. The van der Waals surface area contributed by atoms with E-state index < -0.39 is 0 Å². The lowest BCUT2D eigenvalue weighted by atomic mass is 10.0. The lowest BCUT2D eigenvalue weighted by Crippen LogP contribution is -1.98. The minimum Gasteiger partial charge on any atom is -0.457 e. The summed E-state index contributed by atoms with van der Waals surface area (Å²) < 4.78 is 6.18. The first-order chi connectivity index (χ1) is 16.3. The van der Waals surface area contributed by atoms with Crippen molar-refractivity contribution in [1.82, 2.24) is 0 Å². The monoisotopic (exact) mass is 456 g/mol. The average Bonchev–Trinajstić information content (AvgIpc) is 2.81. The molecular weight excluding hydrogens is 416 g/mol. The summed E-state index contributed by atoms with van der Waals surface area (Å²) in [6, 6.07) is 8.14. The predicted octanol–water partition coefficient (Wildman–Crippen LogP) is 9.27. The van der Waals surface area contributed by atoms with Crippen molar-refractivity contribution in [2.24, 2.45) is 0 Å². The highest BCUT2D eigenvalue weighted by molar-refractivity contribution is 5.87. The number of rotatable bonds is 13. The molecule has 180 valence electrons. The van der Waals surface area contributed by atoms with Crippen LogP contribution in [-0.2, 0) is 4.79 Å². The maximum atomic E-state index is 10.9. The van der Waals surface area contributed by atoms with Gasteiger partial charge in [-0.15, -0.1) is 0 Å². The number of allylic oxidation sites excluding steroid dienone is 14. The highest BCUT2D eigenvalue weighted by Crippen LogP contribution is 2.25. The van der Waals surface area contributed by atoms with Crippen molar-refractivity contribution in [1.29, 1.82) is 0 Å². The van der Waals surface area contributed by atoms with E-state index >= 15 is 0 Å². The van der Waals surface area contributed by atoms with Crippen LogP contribution in [0.5, 0.6) is 5.75 Å². The Morgan fingerprint density at radius 3 is 2.09 bits per heavy atom. The van der Waals surface area contributed by atoms with Crippen LogP contribution in [0.3, 0.4) is 0 Å². The third-order valence-electron chi connectivity index (χ3n) is 5.05. The van der Waals surface area contributed by atoms with Crippen LogP contribution in [0.2, 0.25) is 0 Å². The molecule has 0 aliphatic carbocycles. The summed E-state index contributed by atoms with van der Waals surface area (Å²) in [5, 5.41) is 0. The SMILES string of the molecule is C=CC(Oc1ccc(C(/C=C/C)=C/C=C(C)C)cc1)=C(C)C(=C\C)/C=C/CCC/C=C/C(C)=O. The van der Waals surface area contributed by atoms with Gasteiger partial charge in [0, 0.05) is 0 Å². The molecule has 0 atom stereocenters. The normalized spacial score (nSPS) is 13.5. The van der Waals surface area contributed by atoms with Gasteiger partial charge >= 0.3 is 0 Å². The van der Waals surface area contributed by atoms with Crippen molar-refractivity contribution < 1.29 is 9.53 Å². The molecule has 0 radical (unpaired) electrons. The maximum Gasteiger partial charge on any atom is 0.152 e. The fraction of sp³-hybridized carbons (Fsp3) is 0.281. The van der Waals surface area contributed by atoms with Crippen molar-refractivity contribution in [3.63, 3.8) is 0 Å². The lowest BCUT2D eigenvalue weighted by molar-refractivity contribution is -0.112. The van der Waals surface area contributed by atoms with Gasteiger partial charge in [0.15, 0.2) is 5.78 Å². The van der Waals surface area contributed by atoms with E-state index in [2.05, 4.69) is 69.0 Å². The van der Waals surface area contributed by atoms with E-state index in [4.69, 9.17) is 4.74 Å². The van der Waals surface area contributed by atoms with Gasteiger partial charge in [-0.05, 0) is 107 Å². The Hall–Kier alpha value is -3.39. The Balaban J connectivity index is 2.94. The summed E-state index contributed by atoms with van der Waals surface area (Å²) in [5.41, 5.74) is 5.69. The van der Waals surface area contributed by atoms with Crippen LogP contribution in [0, 0.1) is 0 Å². The number of ether oxygens (including phenoxy) is 1. The van der Waals surface area contributed by atoms with Crippen molar-refractivity contribution in [2.75, 3.05) is 0 Å².